The van der Waals surface area contributed by atoms with Crippen LogP contribution in [0.3, 0.4) is 0 Å². The van der Waals surface area contributed by atoms with Gasteiger partial charge in [0.05, 0.1) is 20.1 Å². The van der Waals surface area contributed by atoms with Crippen LogP contribution in [0.1, 0.15) is 31.7 Å². The summed E-state index contributed by atoms with van der Waals surface area (Å²) < 4.78 is 10.9. The molecule has 0 unspecified atom stereocenters. The quantitative estimate of drug-likeness (QED) is 0.690. The summed E-state index contributed by atoms with van der Waals surface area (Å²) in [5.74, 6) is 0.244. The monoisotopic (exact) mass is 309 g/mol. The smallest absolute Gasteiger partial charge is 0.303 e. The van der Waals surface area contributed by atoms with E-state index in [2.05, 4.69) is 5.32 Å². The summed E-state index contributed by atoms with van der Waals surface area (Å²) in [5.41, 5.74) is 0.979. The number of carboxylic acids is 1. The molecule has 0 radical (unpaired) electrons. The number of amides is 1. The lowest BCUT2D eigenvalue weighted by atomic mass is 10.1. The van der Waals surface area contributed by atoms with Crippen LogP contribution in [0.4, 0.5) is 0 Å². The average Bonchev–Trinajstić information content (AvgIpc) is 2.51. The average molecular weight is 309 g/mol. The number of aliphatic carboxylic acids is 1. The van der Waals surface area contributed by atoms with Gasteiger partial charge in [-0.05, 0) is 24.5 Å². The Labute approximate surface area is 130 Å². The van der Waals surface area contributed by atoms with Crippen LogP contribution in [0.5, 0.6) is 11.5 Å². The van der Waals surface area contributed by atoms with Gasteiger partial charge in [-0.3, -0.25) is 9.59 Å². The molecular formula is C16H23NO5. The fraction of sp³-hybridized carbons (Fsp3) is 0.500. The molecule has 0 saturated heterocycles. The Morgan fingerprint density at radius 1 is 1.27 bits per heavy atom. The number of benzene rings is 1. The number of carboxylic acid groups (broad SMARTS) is 1. The van der Waals surface area contributed by atoms with Gasteiger partial charge in [0.25, 0.3) is 0 Å². The third kappa shape index (κ3) is 6.47. The van der Waals surface area contributed by atoms with E-state index in [1.54, 1.807) is 7.11 Å². The summed E-state index contributed by atoms with van der Waals surface area (Å²) in [6.45, 7) is 3.08. The molecule has 0 aliphatic rings. The van der Waals surface area contributed by atoms with E-state index in [0.717, 1.165) is 23.5 Å². The van der Waals surface area contributed by atoms with Crippen molar-refractivity contribution in [3.8, 4) is 11.5 Å². The van der Waals surface area contributed by atoms with Crippen LogP contribution in [0, 0.1) is 0 Å². The minimum atomic E-state index is -0.972. The Balaban J connectivity index is 2.53. The highest BCUT2D eigenvalue weighted by Gasteiger charge is 2.08. The molecular weight excluding hydrogens is 286 g/mol. The lowest BCUT2D eigenvalue weighted by Gasteiger charge is -2.13. The fourth-order valence-corrected chi connectivity index (χ4v) is 1.86. The van der Waals surface area contributed by atoms with Gasteiger partial charge in [0.15, 0.2) is 0 Å². The van der Waals surface area contributed by atoms with Crippen LogP contribution in [0.2, 0.25) is 0 Å². The maximum Gasteiger partial charge on any atom is 0.303 e. The normalized spacial score (nSPS) is 10.1. The van der Waals surface area contributed by atoms with Crippen molar-refractivity contribution in [1.82, 2.24) is 5.32 Å². The van der Waals surface area contributed by atoms with Gasteiger partial charge in [-0.1, -0.05) is 13.0 Å². The summed E-state index contributed by atoms with van der Waals surface area (Å²) in [6.07, 6.45) is 1.36. The molecule has 6 heteroatoms. The van der Waals surface area contributed by atoms with Gasteiger partial charge in [-0.2, -0.15) is 0 Å². The van der Waals surface area contributed by atoms with E-state index in [-0.39, 0.29) is 18.7 Å². The molecule has 0 bridgehead atoms. The number of ether oxygens (including phenoxy) is 2. The van der Waals surface area contributed by atoms with Gasteiger partial charge in [0.2, 0.25) is 5.91 Å². The maximum absolute atomic E-state index is 11.5. The molecule has 1 aromatic carbocycles. The minimum Gasteiger partial charge on any atom is -0.497 e. The van der Waals surface area contributed by atoms with Gasteiger partial charge in [0.1, 0.15) is 11.5 Å². The second-order valence-corrected chi connectivity index (χ2v) is 4.82. The van der Waals surface area contributed by atoms with Crippen LogP contribution in [0.15, 0.2) is 18.2 Å². The number of hydrogen-bond acceptors (Lipinski definition) is 4. The SMILES string of the molecule is CCCOc1cc(OC)ccc1CCNC(=O)CCC(=O)O. The van der Waals surface area contributed by atoms with Crippen LogP contribution in [-0.2, 0) is 16.0 Å². The predicted octanol–water partition coefficient (Wildman–Crippen LogP) is 2.01. The van der Waals surface area contributed by atoms with Crippen LogP contribution < -0.4 is 14.8 Å². The number of nitrogens with one attached hydrogen (secondary N) is 1. The minimum absolute atomic E-state index is 0.00284. The Kier molecular flexibility index (Phi) is 7.81. The first-order valence-corrected chi connectivity index (χ1v) is 7.35. The van der Waals surface area contributed by atoms with E-state index in [4.69, 9.17) is 14.6 Å². The van der Waals surface area contributed by atoms with E-state index in [1.165, 1.54) is 0 Å². The second kappa shape index (κ2) is 9.65. The molecule has 0 aliphatic heterocycles. The maximum atomic E-state index is 11.5. The van der Waals surface area contributed by atoms with E-state index < -0.39 is 5.97 Å². The van der Waals surface area contributed by atoms with E-state index in [9.17, 15) is 9.59 Å². The lowest BCUT2D eigenvalue weighted by Crippen LogP contribution is -2.26. The third-order valence-electron chi connectivity index (χ3n) is 3.02. The second-order valence-electron chi connectivity index (χ2n) is 4.82. The molecule has 0 saturated carbocycles. The number of rotatable bonds is 10. The van der Waals surface area contributed by atoms with E-state index >= 15 is 0 Å². The molecule has 2 N–H and O–H groups in total. The van der Waals surface area contributed by atoms with Crippen molar-refractivity contribution in [2.75, 3.05) is 20.3 Å². The van der Waals surface area contributed by atoms with Crippen molar-refractivity contribution in [1.29, 1.82) is 0 Å². The Morgan fingerprint density at radius 3 is 2.68 bits per heavy atom. The van der Waals surface area contributed by atoms with Gasteiger partial charge in [0, 0.05) is 19.0 Å². The summed E-state index contributed by atoms with van der Waals surface area (Å²) >= 11 is 0. The molecule has 22 heavy (non-hydrogen) atoms. The van der Waals surface area contributed by atoms with Crippen LogP contribution in [0.25, 0.3) is 0 Å². The zero-order chi connectivity index (χ0) is 16.4. The molecule has 0 fully saturated rings. The van der Waals surface area contributed by atoms with Crippen molar-refractivity contribution >= 4 is 11.9 Å². The molecule has 0 spiro atoms. The third-order valence-corrected chi connectivity index (χ3v) is 3.02. The van der Waals surface area contributed by atoms with Crippen molar-refractivity contribution in [2.45, 2.75) is 32.6 Å². The van der Waals surface area contributed by atoms with Crippen molar-refractivity contribution in [3.05, 3.63) is 23.8 Å². The molecule has 0 atom stereocenters. The predicted molar refractivity (Wildman–Crippen MR) is 82.4 cm³/mol. The van der Waals surface area contributed by atoms with E-state index in [1.807, 2.05) is 25.1 Å². The molecule has 0 aliphatic carbocycles. The highest BCUT2D eigenvalue weighted by molar-refractivity contribution is 5.80. The van der Waals surface area contributed by atoms with Gasteiger partial charge in [-0.15, -0.1) is 0 Å². The zero-order valence-corrected chi connectivity index (χ0v) is 13.1. The summed E-state index contributed by atoms with van der Waals surface area (Å²) in [6, 6.07) is 5.59. The molecule has 0 aromatic heterocycles. The molecule has 1 amide bonds. The van der Waals surface area contributed by atoms with Crippen molar-refractivity contribution in [2.24, 2.45) is 0 Å². The fourth-order valence-electron chi connectivity index (χ4n) is 1.86. The molecule has 6 nitrogen and oxygen atoms in total. The number of carbonyl (C=O) groups excluding carboxylic acids is 1. The van der Waals surface area contributed by atoms with Gasteiger partial charge in [-0.25, -0.2) is 0 Å². The Hall–Kier alpha value is -2.24. The number of carbonyl (C=O) groups is 2. The first-order chi connectivity index (χ1) is 10.6. The van der Waals surface area contributed by atoms with E-state index in [0.29, 0.717) is 19.6 Å². The zero-order valence-electron chi connectivity index (χ0n) is 13.1. The summed E-state index contributed by atoms with van der Waals surface area (Å²) in [5, 5.41) is 11.2. The molecule has 0 heterocycles. The first-order valence-electron chi connectivity index (χ1n) is 7.35. The molecule has 1 rings (SSSR count). The van der Waals surface area contributed by atoms with Crippen LogP contribution >= 0.6 is 0 Å². The summed E-state index contributed by atoms with van der Waals surface area (Å²) in [4.78, 5) is 21.9. The Morgan fingerprint density at radius 2 is 2.05 bits per heavy atom. The standard InChI is InChI=1S/C16H23NO5/c1-3-10-22-14-11-13(21-2)5-4-12(14)8-9-17-15(18)6-7-16(19)20/h4-5,11H,3,6-10H2,1-2H3,(H,17,18)(H,19,20). The number of methoxy groups -OCH3 is 1. The largest absolute Gasteiger partial charge is 0.497 e. The number of hydrogen-bond donors (Lipinski definition) is 2. The molecule has 1 aromatic rings. The summed E-state index contributed by atoms with van der Waals surface area (Å²) in [7, 11) is 1.60. The van der Waals surface area contributed by atoms with Crippen molar-refractivity contribution < 1.29 is 24.2 Å². The first kappa shape index (κ1) is 17.8. The highest BCUT2D eigenvalue weighted by atomic mass is 16.5. The highest BCUT2D eigenvalue weighted by Crippen LogP contribution is 2.25. The van der Waals surface area contributed by atoms with Crippen molar-refractivity contribution in [3.63, 3.8) is 0 Å². The molecule has 122 valence electrons. The lowest BCUT2D eigenvalue weighted by molar-refractivity contribution is -0.138. The van der Waals surface area contributed by atoms with Gasteiger partial charge >= 0.3 is 5.97 Å². The Bertz CT molecular complexity index is 501. The van der Waals surface area contributed by atoms with Gasteiger partial charge < -0.3 is 19.9 Å². The topological polar surface area (TPSA) is 84.9 Å². The van der Waals surface area contributed by atoms with Crippen LogP contribution in [-0.4, -0.2) is 37.2 Å².